The van der Waals surface area contributed by atoms with E-state index in [1.165, 1.54) is 30.4 Å². The quantitative estimate of drug-likeness (QED) is 0.314. The van der Waals surface area contributed by atoms with Crippen molar-refractivity contribution in [2.75, 3.05) is 6.61 Å². The molecule has 1 aromatic heterocycles. The second-order valence-corrected chi connectivity index (χ2v) is 8.25. The number of rotatable bonds is 11. The number of benzene rings is 1. The Hall–Kier alpha value is -2.63. The Balaban J connectivity index is 1.77. The van der Waals surface area contributed by atoms with Crippen LogP contribution in [0.3, 0.4) is 0 Å². The second kappa shape index (κ2) is 11.5. The summed E-state index contributed by atoms with van der Waals surface area (Å²) in [5, 5.41) is 13.4. The van der Waals surface area contributed by atoms with Gasteiger partial charge in [-0.05, 0) is 44.6 Å². The van der Waals surface area contributed by atoms with Gasteiger partial charge in [0.15, 0.2) is 0 Å². The van der Waals surface area contributed by atoms with Gasteiger partial charge in [0.25, 0.3) is 0 Å². The van der Waals surface area contributed by atoms with Crippen LogP contribution in [0, 0.1) is 12.8 Å². The van der Waals surface area contributed by atoms with Crippen LogP contribution in [0.25, 0.3) is 0 Å². The zero-order chi connectivity index (χ0) is 21.2. The summed E-state index contributed by atoms with van der Waals surface area (Å²) in [7, 11) is 0. The highest BCUT2D eigenvalue weighted by Crippen LogP contribution is 2.31. The van der Waals surface area contributed by atoms with Gasteiger partial charge in [-0.1, -0.05) is 54.2 Å². The standard InChI is InChI=1S/C24H33N3O3/c1-19-10-12-20(13-11-19)17-22(27-15-14-25-18-27)24(21-7-3-2-4-8-21)26-30-16-6-5-9-23(28)29/h10-15,18,21-22H,2-9,16-17H2,1H3,(H,28,29)/b26-24+. The molecular weight excluding hydrogens is 378 g/mol. The molecule has 1 N–H and O–H groups in total. The number of carbonyl (C=O) groups is 1. The zero-order valence-corrected chi connectivity index (χ0v) is 17.9. The largest absolute Gasteiger partial charge is 0.481 e. The third kappa shape index (κ3) is 6.71. The summed E-state index contributed by atoms with van der Waals surface area (Å²) in [6.45, 7) is 2.55. The van der Waals surface area contributed by atoms with E-state index in [1.807, 2.05) is 18.7 Å². The zero-order valence-electron chi connectivity index (χ0n) is 17.9. The van der Waals surface area contributed by atoms with Crippen molar-refractivity contribution in [1.29, 1.82) is 0 Å². The number of nitrogens with zero attached hydrogens (tertiary/aromatic N) is 3. The molecule has 0 spiro atoms. The normalized spacial score (nSPS) is 16.4. The highest BCUT2D eigenvalue weighted by atomic mass is 16.6. The molecule has 1 atom stereocenters. The first-order chi connectivity index (χ1) is 14.6. The fourth-order valence-corrected chi connectivity index (χ4v) is 4.13. The molecule has 3 rings (SSSR count). The van der Waals surface area contributed by atoms with Crippen molar-refractivity contribution >= 4 is 11.7 Å². The molecule has 0 saturated heterocycles. The van der Waals surface area contributed by atoms with E-state index >= 15 is 0 Å². The average molecular weight is 412 g/mol. The van der Waals surface area contributed by atoms with Gasteiger partial charge in [0.1, 0.15) is 6.61 Å². The molecule has 6 nitrogen and oxygen atoms in total. The van der Waals surface area contributed by atoms with E-state index in [9.17, 15) is 4.79 Å². The molecule has 1 saturated carbocycles. The van der Waals surface area contributed by atoms with Crippen LogP contribution in [0.15, 0.2) is 48.1 Å². The monoisotopic (exact) mass is 411 g/mol. The van der Waals surface area contributed by atoms with E-state index in [0.717, 1.165) is 25.0 Å². The average Bonchev–Trinajstić information content (AvgIpc) is 3.28. The molecule has 1 aliphatic carbocycles. The topological polar surface area (TPSA) is 76.7 Å². The van der Waals surface area contributed by atoms with Gasteiger partial charge in [-0.3, -0.25) is 4.79 Å². The van der Waals surface area contributed by atoms with Crippen molar-refractivity contribution < 1.29 is 14.7 Å². The number of carboxylic acid groups (broad SMARTS) is 1. The number of aromatic nitrogens is 2. The third-order valence-corrected chi connectivity index (χ3v) is 5.85. The molecule has 1 aromatic carbocycles. The van der Waals surface area contributed by atoms with E-state index in [-0.39, 0.29) is 12.5 Å². The summed E-state index contributed by atoms with van der Waals surface area (Å²) in [6.07, 6.45) is 14.0. The molecule has 6 heteroatoms. The molecule has 2 aromatic rings. The molecule has 1 heterocycles. The van der Waals surface area contributed by atoms with Crippen molar-refractivity contribution in [3.05, 3.63) is 54.1 Å². The molecule has 1 aliphatic rings. The number of aryl methyl sites for hydroxylation is 1. The number of hydrogen-bond acceptors (Lipinski definition) is 4. The maximum absolute atomic E-state index is 10.7. The summed E-state index contributed by atoms with van der Waals surface area (Å²) >= 11 is 0. The van der Waals surface area contributed by atoms with Gasteiger partial charge in [-0.25, -0.2) is 4.98 Å². The molecule has 162 valence electrons. The molecule has 0 radical (unpaired) electrons. The summed E-state index contributed by atoms with van der Waals surface area (Å²) in [4.78, 5) is 20.7. The summed E-state index contributed by atoms with van der Waals surface area (Å²) in [5.41, 5.74) is 3.61. The SMILES string of the molecule is Cc1ccc(CC(/C(=N/OCCCCC(=O)O)C2CCCCC2)n2ccnc2)cc1. The molecule has 1 unspecified atom stereocenters. The second-order valence-electron chi connectivity index (χ2n) is 8.25. The number of unbranched alkanes of at least 4 members (excludes halogenated alkanes) is 1. The Labute approximate surface area is 179 Å². The van der Waals surface area contributed by atoms with Crippen molar-refractivity contribution in [2.24, 2.45) is 11.1 Å². The molecule has 0 amide bonds. The van der Waals surface area contributed by atoms with Crippen LogP contribution in [0.5, 0.6) is 0 Å². The van der Waals surface area contributed by atoms with Gasteiger partial charge in [0, 0.05) is 24.7 Å². The van der Waals surface area contributed by atoms with Gasteiger partial charge in [-0.15, -0.1) is 0 Å². The van der Waals surface area contributed by atoms with E-state index in [0.29, 0.717) is 25.4 Å². The molecule has 0 aliphatic heterocycles. The number of aliphatic carboxylic acids is 1. The number of carboxylic acids is 1. The van der Waals surface area contributed by atoms with Crippen molar-refractivity contribution in [3.63, 3.8) is 0 Å². The van der Waals surface area contributed by atoms with Crippen LogP contribution in [0.1, 0.15) is 68.5 Å². The highest BCUT2D eigenvalue weighted by molar-refractivity contribution is 5.90. The van der Waals surface area contributed by atoms with Gasteiger partial charge in [0.05, 0.1) is 18.1 Å². The van der Waals surface area contributed by atoms with Gasteiger partial charge in [-0.2, -0.15) is 0 Å². The lowest BCUT2D eigenvalue weighted by molar-refractivity contribution is -0.137. The Kier molecular flexibility index (Phi) is 8.48. The first kappa shape index (κ1) is 22.1. The van der Waals surface area contributed by atoms with Crippen LogP contribution < -0.4 is 0 Å². The molecule has 1 fully saturated rings. The maximum Gasteiger partial charge on any atom is 0.303 e. The van der Waals surface area contributed by atoms with Crippen molar-refractivity contribution in [3.8, 4) is 0 Å². The molecule has 0 bridgehead atoms. The van der Waals surface area contributed by atoms with Crippen molar-refractivity contribution in [2.45, 2.75) is 70.8 Å². The fraction of sp³-hybridized carbons (Fsp3) is 0.542. The smallest absolute Gasteiger partial charge is 0.303 e. The summed E-state index contributed by atoms with van der Waals surface area (Å²) in [5.74, 6) is -0.352. The van der Waals surface area contributed by atoms with E-state index in [1.54, 1.807) is 0 Å². The molecule has 30 heavy (non-hydrogen) atoms. The Bertz CT molecular complexity index is 794. The van der Waals surface area contributed by atoms with E-state index in [2.05, 4.69) is 45.9 Å². The van der Waals surface area contributed by atoms with Gasteiger partial charge < -0.3 is 14.5 Å². The molecular formula is C24H33N3O3. The summed E-state index contributed by atoms with van der Waals surface area (Å²) in [6, 6.07) is 8.74. The third-order valence-electron chi connectivity index (χ3n) is 5.85. The summed E-state index contributed by atoms with van der Waals surface area (Å²) < 4.78 is 2.14. The lowest BCUT2D eigenvalue weighted by atomic mass is 9.82. The lowest BCUT2D eigenvalue weighted by Crippen LogP contribution is -2.29. The number of oxime groups is 1. The van der Waals surface area contributed by atoms with E-state index < -0.39 is 5.97 Å². The highest BCUT2D eigenvalue weighted by Gasteiger charge is 2.28. The van der Waals surface area contributed by atoms with Gasteiger partial charge in [0.2, 0.25) is 0 Å². The van der Waals surface area contributed by atoms with Crippen LogP contribution in [0.4, 0.5) is 0 Å². The van der Waals surface area contributed by atoms with Crippen LogP contribution in [0.2, 0.25) is 0 Å². The van der Waals surface area contributed by atoms with Crippen LogP contribution >= 0.6 is 0 Å². The van der Waals surface area contributed by atoms with Crippen LogP contribution in [-0.2, 0) is 16.1 Å². The number of hydrogen-bond donors (Lipinski definition) is 1. The predicted octanol–water partition coefficient (Wildman–Crippen LogP) is 5.18. The minimum atomic E-state index is -0.764. The first-order valence-corrected chi connectivity index (χ1v) is 11.1. The van der Waals surface area contributed by atoms with Crippen molar-refractivity contribution in [1.82, 2.24) is 9.55 Å². The predicted molar refractivity (Wildman–Crippen MR) is 118 cm³/mol. The van der Waals surface area contributed by atoms with Gasteiger partial charge >= 0.3 is 5.97 Å². The maximum atomic E-state index is 10.7. The lowest BCUT2D eigenvalue weighted by Gasteiger charge is -2.29. The first-order valence-electron chi connectivity index (χ1n) is 11.1. The number of imidazole rings is 1. The van der Waals surface area contributed by atoms with Crippen LogP contribution in [-0.4, -0.2) is 32.9 Å². The Morgan fingerprint density at radius 1 is 1.23 bits per heavy atom. The fourth-order valence-electron chi connectivity index (χ4n) is 4.13. The minimum Gasteiger partial charge on any atom is -0.481 e. The minimum absolute atomic E-state index is 0.0670. The van der Waals surface area contributed by atoms with E-state index in [4.69, 9.17) is 9.94 Å². The Morgan fingerprint density at radius 3 is 2.67 bits per heavy atom. The Morgan fingerprint density at radius 2 is 2.00 bits per heavy atom.